The first kappa shape index (κ1) is 21.6. The molecule has 2 fully saturated rings. The molecule has 2 aliphatic rings. The van der Waals surface area contributed by atoms with Crippen LogP contribution < -0.4 is 4.90 Å². The summed E-state index contributed by atoms with van der Waals surface area (Å²) in [4.78, 5) is 22.4. The van der Waals surface area contributed by atoms with Crippen molar-refractivity contribution >= 4 is 11.8 Å². The highest BCUT2D eigenvalue weighted by molar-refractivity contribution is 5.67. The Morgan fingerprint density at radius 2 is 1.88 bits per heavy atom. The van der Waals surface area contributed by atoms with E-state index in [2.05, 4.69) is 25.1 Å². The minimum Gasteiger partial charge on any atom is -0.481 e. The van der Waals surface area contributed by atoms with Crippen LogP contribution in [0.25, 0.3) is 22.8 Å². The number of hydrogen-bond donors (Lipinski definition) is 2. The topological polar surface area (TPSA) is 95.0 Å². The first-order valence-electron chi connectivity index (χ1n) is 11.6. The van der Waals surface area contributed by atoms with E-state index in [9.17, 15) is 9.18 Å². The van der Waals surface area contributed by atoms with Crippen molar-refractivity contribution in [2.75, 3.05) is 18.0 Å². The van der Waals surface area contributed by atoms with Crippen LogP contribution in [0, 0.1) is 17.2 Å². The van der Waals surface area contributed by atoms with Gasteiger partial charge in [0.2, 0.25) is 0 Å². The summed E-state index contributed by atoms with van der Waals surface area (Å²) in [7, 11) is 0. The van der Waals surface area contributed by atoms with Crippen molar-refractivity contribution in [2.24, 2.45) is 11.3 Å². The molecule has 1 spiro atoms. The number of aliphatic carboxylic acids is 1. The average molecular weight is 450 g/mol. The average Bonchev–Trinajstić information content (AvgIpc) is 3.32. The van der Waals surface area contributed by atoms with E-state index < -0.39 is 5.97 Å². The maximum absolute atomic E-state index is 14.0. The van der Waals surface area contributed by atoms with Crippen molar-refractivity contribution in [3.63, 3.8) is 0 Å². The summed E-state index contributed by atoms with van der Waals surface area (Å²) in [5, 5.41) is 16.1. The highest BCUT2D eigenvalue weighted by Crippen LogP contribution is 2.47. The lowest BCUT2D eigenvalue weighted by atomic mass is 9.65. The predicted octanol–water partition coefficient (Wildman–Crippen LogP) is 4.92. The van der Waals surface area contributed by atoms with Crippen LogP contribution in [0.15, 0.2) is 42.6 Å². The van der Waals surface area contributed by atoms with Gasteiger partial charge in [-0.3, -0.25) is 9.89 Å². The summed E-state index contributed by atoms with van der Waals surface area (Å²) in [5.41, 5.74) is 1.54. The summed E-state index contributed by atoms with van der Waals surface area (Å²) >= 11 is 0. The van der Waals surface area contributed by atoms with Crippen molar-refractivity contribution in [3.05, 3.63) is 48.4 Å². The molecule has 33 heavy (non-hydrogen) atoms. The zero-order chi connectivity index (χ0) is 22.8. The third-order valence-electron chi connectivity index (χ3n) is 7.40. The summed E-state index contributed by atoms with van der Waals surface area (Å²) in [5.74, 6) is 1.16. The minimum atomic E-state index is -0.672. The Hall–Kier alpha value is -3.29. The molecular formula is C25H28FN5O2. The van der Waals surface area contributed by atoms with Crippen molar-refractivity contribution in [1.29, 1.82) is 0 Å². The molecular weight excluding hydrogens is 421 g/mol. The predicted molar refractivity (Wildman–Crippen MR) is 123 cm³/mol. The Balaban J connectivity index is 1.20. The van der Waals surface area contributed by atoms with Gasteiger partial charge < -0.3 is 10.0 Å². The molecule has 8 heteroatoms. The fourth-order valence-corrected chi connectivity index (χ4v) is 5.32. The number of halogens is 1. The number of carboxylic acids is 1. The Bertz CT molecular complexity index is 1110. The third kappa shape index (κ3) is 4.60. The molecule has 3 aromatic rings. The van der Waals surface area contributed by atoms with Gasteiger partial charge in [0, 0.05) is 31.3 Å². The van der Waals surface area contributed by atoms with Crippen molar-refractivity contribution in [1.82, 2.24) is 20.2 Å². The second-order valence-electron chi connectivity index (χ2n) is 9.42. The second kappa shape index (κ2) is 8.92. The smallest absolute Gasteiger partial charge is 0.303 e. The zero-order valence-corrected chi connectivity index (χ0v) is 18.5. The molecule has 1 aliphatic carbocycles. The molecule has 1 saturated carbocycles. The molecule has 7 nitrogen and oxygen atoms in total. The van der Waals surface area contributed by atoms with E-state index in [-0.39, 0.29) is 5.82 Å². The molecule has 172 valence electrons. The first-order valence-corrected chi connectivity index (χ1v) is 11.6. The number of carboxylic acid groups (broad SMARTS) is 1. The molecule has 0 atom stereocenters. The Kier molecular flexibility index (Phi) is 5.83. The van der Waals surface area contributed by atoms with Crippen molar-refractivity contribution in [3.8, 4) is 22.8 Å². The number of H-pyrrole nitrogens is 1. The van der Waals surface area contributed by atoms with E-state index in [4.69, 9.17) is 5.11 Å². The number of piperidine rings is 1. The molecule has 0 bridgehead atoms. The number of benzene rings is 1. The van der Waals surface area contributed by atoms with Crippen LogP contribution in [0.1, 0.15) is 44.9 Å². The number of hydrogen-bond acceptors (Lipinski definition) is 5. The third-order valence-corrected chi connectivity index (χ3v) is 7.40. The van der Waals surface area contributed by atoms with Gasteiger partial charge in [0.15, 0.2) is 11.6 Å². The number of carbonyl (C=O) groups is 1. The maximum Gasteiger partial charge on any atom is 0.303 e. The zero-order valence-electron chi connectivity index (χ0n) is 18.5. The van der Waals surface area contributed by atoms with Gasteiger partial charge in [0.1, 0.15) is 11.6 Å². The normalized spacial score (nSPS) is 18.5. The van der Waals surface area contributed by atoms with Crippen LogP contribution in [0.5, 0.6) is 0 Å². The standard InChI is InChI=1S/C25H28FN5O2/c26-20-4-2-1-3-19(20)24-28-23(29-30-24)18-5-6-21(27-16-18)31-13-11-25(12-14-31)9-7-17(8-10-25)15-22(32)33/h1-6,16-17H,7-15H2,(H,32,33)(H,28,29,30). The van der Waals surface area contributed by atoms with Gasteiger partial charge in [-0.25, -0.2) is 14.4 Å². The highest BCUT2D eigenvalue weighted by Gasteiger charge is 2.38. The van der Waals surface area contributed by atoms with E-state index in [0.29, 0.717) is 35.0 Å². The molecule has 1 saturated heterocycles. The molecule has 2 aromatic heterocycles. The lowest BCUT2D eigenvalue weighted by molar-refractivity contribution is -0.138. The highest BCUT2D eigenvalue weighted by atomic mass is 19.1. The maximum atomic E-state index is 14.0. The molecule has 3 heterocycles. The van der Waals surface area contributed by atoms with E-state index in [1.165, 1.54) is 6.07 Å². The molecule has 1 aliphatic heterocycles. The van der Waals surface area contributed by atoms with Crippen LogP contribution in [0.3, 0.4) is 0 Å². The van der Waals surface area contributed by atoms with E-state index in [1.54, 1.807) is 24.4 Å². The number of nitrogens with one attached hydrogen (secondary N) is 1. The van der Waals surface area contributed by atoms with Crippen LogP contribution >= 0.6 is 0 Å². The monoisotopic (exact) mass is 449 g/mol. The van der Waals surface area contributed by atoms with E-state index in [1.807, 2.05) is 12.1 Å². The molecule has 0 amide bonds. The summed E-state index contributed by atoms with van der Waals surface area (Å²) < 4.78 is 14.0. The van der Waals surface area contributed by atoms with E-state index >= 15 is 0 Å². The number of aromatic nitrogens is 4. The molecule has 1 aromatic carbocycles. The van der Waals surface area contributed by atoms with Gasteiger partial charge in [0.25, 0.3) is 0 Å². The van der Waals surface area contributed by atoms with E-state index in [0.717, 1.165) is 63.0 Å². The lowest BCUT2D eigenvalue weighted by Crippen LogP contribution is -2.42. The fourth-order valence-electron chi connectivity index (χ4n) is 5.32. The number of aromatic amines is 1. The number of nitrogens with zero attached hydrogens (tertiary/aromatic N) is 4. The molecule has 2 N–H and O–H groups in total. The van der Waals surface area contributed by atoms with Crippen molar-refractivity contribution in [2.45, 2.75) is 44.9 Å². The largest absolute Gasteiger partial charge is 0.481 e. The van der Waals surface area contributed by atoms with Crippen molar-refractivity contribution < 1.29 is 14.3 Å². The second-order valence-corrected chi connectivity index (χ2v) is 9.42. The first-order chi connectivity index (χ1) is 16.0. The van der Waals surface area contributed by atoms with Gasteiger partial charge in [-0.15, -0.1) is 0 Å². The Morgan fingerprint density at radius 3 is 2.55 bits per heavy atom. The SMILES string of the molecule is O=C(O)CC1CCC2(CC1)CCN(c1ccc(-c3n[nH]c(-c4ccccc4F)n3)cn1)CC2. The summed E-state index contributed by atoms with van der Waals surface area (Å²) in [6, 6.07) is 10.4. The van der Waals surface area contributed by atoms with Gasteiger partial charge >= 0.3 is 5.97 Å². The fraction of sp³-hybridized carbons (Fsp3) is 0.440. The van der Waals surface area contributed by atoms with Crippen LogP contribution in [-0.4, -0.2) is 44.3 Å². The quantitative estimate of drug-likeness (QED) is 0.574. The number of anilines is 1. The minimum absolute atomic E-state index is 0.311. The van der Waals surface area contributed by atoms with Gasteiger partial charge in [-0.05, 0) is 74.1 Å². The molecule has 5 rings (SSSR count). The molecule has 0 radical (unpaired) electrons. The Labute approximate surface area is 192 Å². The Morgan fingerprint density at radius 1 is 1.12 bits per heavy atom. The molecule has 0 unspecified atom stereocenters. The summed E-state index contributed by atoms with van der Waals surface area (Å²) in [6.45, 7) is 1.93. The number of rotatable bonds is 5. The van der Waals surface area contributed by atoms with Crippen LogP contribution in [-0.2, 0) is 4.79 Å². The summed E-state index contributed by atoms with van der Waals surface area (Å²) in [6.07, 6.45) is 8.68. The number of pyridine rings is 1. The lowest BCUT2D eigenvalue weighted by Gasteiger charge is -2.46. The van der Waals surface area contributed by atoms with Crippen LogP contribution in [0.2, 0.25) is 0 Å². The van der Waals surface area contributed by atoms with Gasteiger partial charge in [-0.1, -0.05) is 12.1 Å². The van der Waals surface area contributed by atoms with Gasteiger partial charge in [0.05, 0.1) is 5.56 Å². The van der Waals surface area contributed by atoms with Gasteiger partial charge in [-0.2, -0.15) is 5.10 Å². The van der Waals surface area contributed by atoms with Crippen LogP contribution in [0.4, 0.5) is 10.2 Å².